The zero-order chi connectivity index (χ0) is 24.5. The van der Waals surface area contributed by atoms with E-state index in [1.54, 1.807) is 19.2 Å². The molecular weight excluding hydrogens is 459 g/mol. The van der Waals surface area contributed by atoms with E-state index in [-0.39, 0.29) is 5.82 Å². The van der Waals surface area contributed by atoms with E-state index in [0.29, 0.717) is 16.6 Å². The van der Waals surface area contributed by atoms with Crippen molar-refractivity contribution < 1.29 is 9.13 Å². The molecule has 0 N–H and O–H groups in total. The van der Waals surface area contributed by atoms with Crippen molar-refractivity contribution in [1.82, 2.24) is 4.90 Å². The molecule has 1 fully saturated rings. The molecular formula is C30H32ClFN2O. The molecule has 3 aromatic carbocycles. The Kier molecular flexibility index (Phi) is 6.86. The molecule has 182 valence electrons. The minimum atomic E-state index is -0.281. The van der Waals surface area contributed by atoms with Crippen LogP contribution in [0.3, 0.4) is 0 Å². The maximum Gasteiger partial charge on any atom is 0.132 e. The topological polar surface area (TPSA) is 15.7 Å². The fourth-order valence-corrected chi connectivity index (χ4v) is 5.51. The summed E-state index contributed by atoms with van der Waals surface area (Å²) >= 11 is 6.07. The summed E-state index contributed by atoms with van der Waals surface area (Å²) in [5, 5.41) is 0.410. The minimum absolute atomic E-state index is 0.281. The van der Waals surface area contributed by atoms with Gasteiger partial charge in [0.2, 0.25) is 0 Å². The van der Waals surface area contributed by atoms with E-state index in [1.165, 1.54) is 17.3 Å². The molecule has 0 aromatic heterocycles. The highest BCUT2D eigenvalue weighted by Gasteiger charge is 2.25. The second kappa shape index (κ2) is 10.0. The van der Waals surface area contributed by atoms with E-state index in [4.69, 9.17) is 16.3 Å². The molecule has 0 amide bonds. The molecule has 0 unspecified atom stereocenters. The molecule has 0 radical (unpaired) electrons. The Labute approximate surface area is 212 Å². The number of benzene rings is 3. The Bertz CT molecular complexity index is 1240. The quantitative estimate of drug-likeness (QED) is 0.386. The molecule has 1 saturated heterocycles. The van der Waals surface area contributed by atoms with Crippen LogP contribution >= 0.6 is 11.6 Å². The molecule has 1 heterocycles. The van der Waals surface area contributed by atoms with Gasteiger partial charge in [0.05, 0.1) is 7.11 Å². The lowest BCUT2D eigenvalue weighted by Crippen LogP contribution is -2.48. The Hall–Kier alpha value is -2.82. The minimum Gasteiger partial charge on any atom is -0.497 e. The number of aryl methyl sites for hydroxylation is 1. The van der Waals surface area contributed by atoms with Crippen molar-refractivity contribution in [2.45, 2.75) is 32.7 Å². The van der Waals surface area contributed by atoms with Gasteiger partial charge in [-0.3, -0.25) is 4.90 Å². The number of piperazine rings is 1. The van der Waals surface area contributed by atoms with Gasteiger partial charge in [-0.2, -0.15) is 0 Å². The summed E-state index contributed by atoms with van der Waals surface area (Å²) in [7, 11) is 1.68. The summed E-state index contributed by atoms with van der Waals surface area (Å²) in [5.74, 6) is 0.523. The Morgan fingerprint density at radius 1 is 0.857 bits per heavy atom. The molecule has 0 bridgehead atoms. The van der Waals surface area contributed by atoms with Crippen LogP contribution in [0.1, 0.15) is 42.5 Å². The van der Waals surface area contributed by atoms with E-state index in [0.717, 1.165) is 67.0 Å². The van der Waals surface area contributed by atoms with Crippen LogP contribution in [-0.4, -0.2) is 44.2 Å². The largest absolute Gasteiger partial charge is 0.497 e. The Morgan fingerprint density at radius 2 is 1.60 bits per heavy atom. The standard InChI is InChI=1S/C30H32ClFN2O/c1-20(2)33-14-16-34(17-15-33)24-9-4-22(5-10-24)30-27(26-13-8-23(31)18-29(26)32)12-7-21-6-11-25(35-3)19-28(21)30/h4-6,8-11,13,18-20H,7,12,14-17H2,1-3H3. The van der Waals surface area contributed by atoms with Crippen molar-refractivity contribution in [2.24, 2.45) is 0 Å². The van der Waals surface area contributed by atoms with Gasteiger partial charge in [-0.05, 0) is 90.9 Å². The van der Waals surface area contributed by atoms with E-state index >= 15 is 4.39 Å². The maximum absolute atomic E-state index is 15.1. The normalized spacial score (nSPS) is 16.6. The van der Waals surface area contributed by atoms with Crippen molar-refractivity contribution in [3.05, 3.63) is 93.8 Å². The van der Waals surface area contributed by atoms with E-state index in [2.05, 4.69) is 60.0 Å². The number of anilines is 1. The van der Waals surface area contributed by atoms with Gasteiger partial charge in [0.15, 0.2) is 0 Å². The summed E-state index contributed by atoms with van der Waals surface area (Å²) in [6.45, 7) is 8.74. The molecule has 3 nitrogen and oxygen atoms in total. The van der Waals surface area contributed by atoms with E-state index < -0.39 is 0 Å². The Balaban J connectivity index is 1.56. The van der Waals surface area contributed by atoms with Gasteiger partial charge in [-0.25, -0.2) is 4.39 Å². The van der Waals surface area contributed by atoms with Crippen LogP contribution in [-0.2, 0) is 6.42 Å². The van der Waals surface area contributed by atoms with Gasteiger partial charge in [-0.15, -0.1) is 0 Å². The van der Waals surface area contributed by atoms with Crippen LogP contribution in [0.25, 0.3) is 11.1 Å². The lowest BCUT2D eigenvalue weighted by molar-refractivity contribution is 0.209. The maximum atomic E-state index is 15.1. The van der Waals surface area contributed by atoms with Crippen molar-refractivity contribution in [3.63, 3.8) is 0 Å². The highest BCUT2D eigenvalue weighted by atomic mass is 35.5. The lowest BCUT2D eigenvalue weighted by atomic mass is 9.79. The number of allylic oxidation sites excluding steroid dienone is 1. The second-order valence-corrected chi connectivity index (χ2v) is 10.1. The van der Waals surface area contributed by atoms with Crippen LogP contribution in [0.5, 0.6) is 5.75 Å². The first-order valence-corrected chi connectivity index (χ1v) is 12.8. The number of rotatable bonds is 5. The predicted molar refractivity (Wildman–Crippen MR) is 144 cm³/mol. The monoisotopic (exact) mass is 490 g/mol. The van der Waals surface area contributed by atoms with Crippen molar-refractivity contribution in [3.8, 4) is 5.75 Å². The van der Waals surface area contributed by atoms with Gasteiger partial charge in [0.25, 0.3) is 0 Å². The Morgan fingerprint density at radius 3 is 2.26 bits per heavy atom. The number of fused-ring (bicyclic) bond motifs is 1. The van der Waals surface area contributed by atoms with Crippen LogP contribution in [0.4, 0.5) is 10.1 Å². The predicted octanol–water partition coefficient (Wildman–Crippen LogP) is 6.92. The molecule has 0 spiro atoms. The average Bonchev–Trinajstić information content (AvgIpc) is 2.88. The summed E-state index contributed by atoms with van der Waals surface area (Å²) in [6.07, 6.45) is 1.63. The zero-order valence-corrected chi connectivity index (χ0v) is 21.4. The number of hydrogen-bond donors (Lipinski definition) is 0. The molecule has 0 atom stereocenters. The molecule has 3 aromatic rings. The molecule has 5 rings (SSSR count). The van der Waals surface area contributed by atoms with Crippen LogP contribution < -0.4 is 9.64 Å². The zero-order valence-electron chi connectivity index (χ0n) is 20.7. The summed E-state index contributed by atoms with van der Waals surface area (Å²) in [6, 6.07) is 20.6. The third-order valence-corrected chi connectivity index (χ3v) is 7.59. The number of methoxy groups -OCH3 is 1. The third-order valence-electron chi connectivity index (χ3n) is 7.35. The second-order valence-electron chi connectivity index (χ2n) is 9.66. The first-order valence-electron chi connectivity index (χ1n) is 12.4. The van der Waals surface area contributed by atoms with Crippen molar-refractivity contribution in [2.75, 3.05) is 38.2 Å². The van der Waals surface area contributed by atoms with Crippen LogP contribution in [0.15, 0.2) is 60.7 Å². The molecule has 2 aliphatic rings. The highest BCUT2D eigenvalue weighted by Crippen LogP contribution is 2.43. The smallest absolute Gasteiger partial charge is 0.132 e. The molecule has 35 heavy (non-hydrogen) atoms. The highest BCUT2D eigenvalue weighted by molar-refractivity contribution is 6.30. The van der Waals surface area contributed by atoms with Gasteiger partial charge < -0.3 is 9.64 Å². The number of halogens is 2. The number of ether oxygens (including phenoxy) is 1. The number of hydrogen-bond acceptors (Lipinski definition) is 3. The fraction of sp³-hybridized carbons (Fsp3) is 0.333. The van der Waals surface area contributed by atoms with Crippen molar-refractivity contribution >= 4 is 28.4 Å². The summed E-state index contributed by atoms with van der Waals surface area (Å²) < 4.78 is 20.6. The SMILES string of the molecule is COc1ccc2c(c1)C(c1ccc(N3CCN(C(C)C)CC3)cc1)=C(c1ccc(Cl)cc1F)CC2. The fourth-order valence-electron chi connectivity index (χ4n) is 5.35. The molecule has 1 aliphatic heterocycles. The van der Waals surface area contributed by atoms with Gasteiger partial charge in [-0.1, -0.05) is 35.9 Å². The van der Waals surface area contributed by atoms with E-state index in [9.17, 15) is 0 Å². The number of nitrogens with zero attached hydrogens (tertiary/aromatic N) is 2. The average molecular weight is 491 g/mol. The first kappa shape index (κ1) is 23.9. The third kappa shape index (κ3) is 4.82. The molecule has 1 aliphatic carbocycles. The van der Waals surface area contributed by atoms with Crippen LogP contribution in [0.2, 0.25) is 5.02 Å². The van der Waals surface area contributed by atoms with Gasteiger partial charge >= 0.3 is 0 Å². The summed E-state index contributed by atoms with van der Waals surface area (Å²) in [4.78, 5) is 4.98. The first-order chi connectivity index (χ1) is 16.9. The molecule has 5 heteroatoms. The van der Waals surface area contributed by atoms with Crippen LogP contribution in [0, 0.1) is 5.82 Å². The lowest BCUT2D eigenvalue weighted by Gasteiger charge is -2.38. The summed E-state index contributed by atoms with van der Waals surface area (Å²) in [5.41, 5.74) is 7.39. The van der Waals surface area contributed by atoms with Crippen molar-refractivity contribution in [1.29, 1.82) is 0 Å². The van der Waals surface area contributed by atoms with Gasteiger partial charge in [0, 0.05) is 48.5 Å². The van der Waals surface area contributed by atoms with E-state index in [1.807, 2.05) is 6.07 Å². The molecule has 0 saturated carbocycles. The van der Waals surface area contributed by atoms with Gasteiger partial charge in [0.1, 0.15) is 11.6 Å².